The van der Waals surface area contributed by atoms with E-state index in [1.165, 1.54) is 7.05 Å². The number of aromatic nitrogens is 2. The molecule has 7 nitrogen and oxygen atoms in total. The van der Waals surface area contributed by atoms with Gasteiger partial charge in [-0.05, 0) is 18.6 Å². The SMILES string of the molecule is CCCCCS(=O)(=O)ON(C)C(=O)c1nc(-c2ccccc2Cl)c2ccccc2n1. The Labute approximate surface area is 180 Å². The van der Waals surface area contributed by atoms with Crippen LogP contribution in [-0.4, -0.2) is 42.2 Å². The van der Waals surface area contributed by atoms with Gasteiger partial charge in [0.15, 0.2) is 0 Å². The molecule has 0 radical (unpaired) electrons. The molecular weight excluding hydrogens is 426 g/mol. The minimum Gasteiger partial charge on any atom is -0.263 e. The molecule has 1 heterocycles. The molecule has 2 aromatic carbocycles. The van der Waals surface area contributed by atoms with Gasteiger partial charge in [-0.1, -0.05) is 67.8 Å². The van der Waals surface area contributed by atoms with Crippen molar-refractivity contribution < 1.29 is 17.5 Å². The maximum absolute atomic E-state index is 12.8. The summed E-state index contributed by atoms with van der Waals surface area (Å²) < 4.78 is 29.2. The van der Waals surface area contributed by atoms with Crippen LogP contribution in [0.4, 0.5) is 0 Å². The monoisotopic (exact) mass is 447 g/mol. The van der Waals surface area contributed by atoms with Crippen molar-refractivity contribution in [1.82, 2.24) is 15.0 Å². The fourth-order valence-electron chi connectivity index (χ4n) is 2.94. The van der Waals surface area contributed by atoms with Crippen molar-refractivity contribution in [3.05, 3.63) is 59.4 Å². The number of hydroxylamine groups is 2. The van der Waals surface area contributed by atoms with E-state index in [4.69, 9.17) is 15.9 Å². The number of halogens is 1. The highest BCUT2D eigenvalue weighted by atomic mass is 35.5. The Morgan fingerprint density at radius 1 is 1.07 bits per heavy atom. The number of amides is 1. The third-order valence-electron chi connectivity index (χ3n) is 4.43. The Morgan fingerprint density at radius 2 is 1.77 bits per heavy atom. The number of hydrogen-bond donors (Lipinski definition) is 0. The highest BCUT2D eigenvalue weighted by Crippen LogP contribution is 2.31. The summed E-state index contributed by atoms with van der Waals surface area (Å²) in [4.78, 5) is 21.5. The van der Waals surface area contributed by atoms with Crippen LogP contribution in [0.25, 0.3) is 22.2 Å². The molecular formula is C21H22ClN3O4S. The molecule has 3 aromatic rings. The highest BCUT2D eigenvalue weighted by molar-refractivity contribution is 7.86. The van der Waals surface area contributed by atoms with Crippen LogP contribution < -0.4 is 0 Å². The Kier molecular flexibility index (Phi) is 7.02. The number of unbranched alkanes of at least 4 members (excludes halogenated alkanes) is 2. The summed E-state index contributed by atoms with van der Waals surface area (Å²) in [5.74, 6) is -1.12. The lowest BCUT2D eigenvalue weighted by Gasteiger charge is -2.16. The van der Waals surface area contributed by atoms with E-state index in [0.29, 0.717) is 33.3 Å². The number of benzene rings is 2. The number of fused-ring (bicyclic) bond motifs is 1. The molecule has 1 aromatic heterocycles. The molecule has 3 rings (SSSR count). The largest absolute Gasteiger partial charge is 0.316 e. The van der Waals surface area contributed by atoms with Gasteiger partial charge in [0, 0.05) is 23.0 Å². The zero-order valence-electron chi connectivity index (χ0n) is 16.7. The van der Waals surface area contributed by atoms with E-state index in [-0.39, 0.29) is 11.6 Å². The Hall–Kier alpha value is -2.55. The first-order valence-electron chi connectivity index (χ1n) is 9.54. The predicted octanol–water partition coefficient (Wildman–Crippen LogP) is 4.47. The van der Waals surface area contributed by atoms with Crippen molar-refractivity contribution >= 4 is 38.5 Å². The summed E-state index contributed by atoms with van der Waals surface area (Å²) in [5.41, 5.74) is 1.65. The molecule has 0 spiro atoms. The molecule has 0 atom stereocenters. The average molecular weight is 448 g/mol. The molecule has 0 saturated carbocycles. The van der Waals surface area contributed by atoms with Gasteiger partial charge in [0.25, 0.3) is 10.1 Å². The molecule has 0 N–H and O–H groups in total. The third-order valence-corrected chi connectivity index (χ3v) is 6.00. The quantitative estimate of drug-likeness (QED) is 0.373. The topological polar surface area (TPSA) is 89.5 Å². The van der Waals surface area contributed by atoms with Crippen LogP contribution in [0.15, 0.2) is 48.5 Å². The minimum atomic E-state index is -3.89. The lowest BCUT2D eigenvalue weighted by atomic mass is 10.1. The lowest BCUT2D eigenvalue weighted by molar-refractivity contribution is -0.00979. The van der Waals surface area contributed by atoms with Gasteiger partial charge in [-0.25, -0.2) is 9.97 Å². The predicted molar refractivity (Wildman–Crippen MR) is 116 cm³/mol. The van der Waals surface area contributed by atoms with E-state index in [1.54, 1.807) is 30.3 Å². The third kappa shape index (κ3) is 5.13. The zero-order chi connectivity index (χ0) is 21.7. The molecule has 0 aliphatic heterocycles. The van der Waals surface area contributed by atoms with Crippen LogP contribution >= 0.6 is 11.6 Å². The van der Waals surface area contributed by atoms with Gasteiger partial charge >= 0.3 is 5.91 Å². The highest BCUT2D eigenvalue weighted by Gasteiger charge is 2.24. The normalized spacial score (nSPS) is 11.6. The van der Waals surface area contributed by atoms with Gasteiger partial charge in [-0.2, -0.15) is 13.5 Å². The van der Waals surface area contributed by atoms with Crippen LogP contribution in [0.1, 0.15) is 36.8 Å². The van der Waals surface area contributed by atoms with Crippen LogP contribution in [-0.2, 0) is 14.4 Å². The number of hydrogen-bond acceptors (Lipinski definition) is 6. The van der Waals surface area contributed by atoms with Gasteiger partial charge in [-0.15, -0.1) is 4.28 Å². The van der Waals surface area contributed by atoms with Crippen molar-refractivity contribution in [3.63, 3.8) is 0 Å². The molecule has 30 heavy (non-hydrogen) atoms. The van der Waals surface area contributed by atoms with Crippen molar-refractivity contribution in [3.8, 4) is 11.3 Å². The molecule has 158 valence electrons. The van der Waals surface area contributed by atoms with Crippen LogP contribution in [0.5, 0.6) is 0 Å². The molecule has 0 fully saturated rings. The van der Waals surface area contributed by atoms with Crippen molar-refractivity contribution in [2.45, 2.75) is 26.2 Å². The van der Waals surface area contributed by atoms with E-state index in [2.05, 4.69) is 9.97 Å². The van der Waals surface area contributed by atoms with Gasteiger partial charge in [0.05, 0.1) is 17.0 Å². The molecule has 1 amide bonds. The first kappa shape index (κ1) is 22.1. The van der Waals surface area contributed by atoms with Crippen LogP contribution in [0.3, 0.4) is 0 Å². The molecule has 0 unspecified atom stereocenters. The number of carbonyl (C=O) groups excluding carboxylic acids is 1. The second-order valence-electron chi connectivity index (χ2n) is 6.74. The Morgan fingerprint density at radius 3 is 2.50 bits per heavy atom. The summed E-state index contributed by atoms with van der Waals surface area (Å²) in [7, 11) is -2.66. The van der Waals surface area contributed by atoms with E-state index >= 15 is 0 Å². The fraction of sp³-hybridized carbons (Fsp3) is 0.286. The molecule has 0 bridgehead atoms. The number of carbonyl (C=O) groups is 1. The summed E-state index contributed by atoms with van der Waals surface area (Å²) in [6.07, 6.45) is 2.10. The number of para-hydroxylation sites is 1. The lowest BCUT2D eigenvalue weighted by Crippen LogP contribution is -2.32. The second-order valence-corrected chi connectivity index (χ2v) is 8.82. The minimum absolute atomic E-state index is 0.165. The molecule has 0 saturated heterocycles. The van der Waals surface area contributed by atoms with Crippen LogP contribution in [0, 0.1) is 0 Å². The van der Waals surface area contributed by atoms with Gasteiger partial charge in [-0.3, -0.25) is 4.79 Å². The van der Waals surface area contributed by atoms with Crippen molar-refractivity contribution in [2.75, 3.05) is 12.8 Å². The summed E-state index contributed by atoms with van der Waals surface area (Å²) in [6.45, 7) is 1.97. The zero-order valence-corrected chi connectivity index (χ0v) is 18.3. The summed E-state index contributed by atoms with van der Waals surface area (Å²) >= 11 is 6.34. The number of rotatable bonds is 8. The van der Waals surface area contributed by atoms with Gasteiger partial charge in [0.2, 0.25) is 5.82 Å². The van der Waals surface area contributed by atoms with Crippen molar-refractivity contribution in [1.29, 1.82) is 0 Å². The standard InChI is InChI=1S/C21H22ClN3O4S/c1-3-4-9-14-30(27,28)29-25(2)21(26)20-23-18-13-8-6-11-16(18)19(24-20)15-10-5-7-12-17(15)22/h5-8,10-13H,3-4,9,14H2,1-2H3. The fourth-order valence-corrected chi connectivity index (χ4v) is 4.21. The van der Waals surface area contributed by atoms with E-state index < -0.39 is 16.0 Å². The summed E-state index contributed by atoms with van der Waals surface area (Å²) in [6, 6.07) is 14.3. The summed E-state index contributed by atoms with van der Waals surface area (Å²) in [5, 5.41) is 1.85. The molecule has 0 aliphatic carbocycles. The first-order chi connectivity index (χ1) is 14.3. The maximum atomic E-state index is 12.8. The van der Waals surface area contributed by atoms with Gasteiger partial charge in [0.1, 0.15) is 0 Å². The van der Waals surface area contributed by atoms with Gasteiger partial charge < -0.3 is 0 Å². The van der Waals surface area contributed by atoms with Crippen molar-refractivity contribution in [2.24, 2.45) is 0 Å². The van der Waals surface area contributed by atoms with E-state index in [0.717, 1.165) is 18.2 Å². The maximum Gasteiger partial charge on any atom is 0.316 e. The number of nitrogens with zero attached hydrogens (tertiary/aromatic N) is 3. The molecule has 9 heteroatoms. The smallest absolute Gasteiger partial charge is 0.263 e. The van der Waals surface area contributed by atoms with E-state index in [9.17, 15) is 13.2 Å². The Bertz CT molecular complexity index is 1170. The Balaban J connectivity index is 1.96. The molecule has 0 aliphatic rings. The first-order valence-corrected chi connectivity index (χ1v) is 11.5. The van der Waals surface area contributed by atoms with E-state index in [1.807, 2.05) is 25.1 Å². The average Bonchev–Trinajstić information content (AvgIpc) is 2.72. The van der Waals surface area contributed by atoms with Crippen LogP contribution in [0.2, 0.25) is 5.02 Å². The second kappa shape index (κ2) is 9.51.